The summed E-state index contributed by atoms with van der Waals surface area (Å²) in [5.74, 6) is 0. The van der Waals surface area contributed by atoms with E-state index in [1.54, 1.807) is 0 Å². The predicted molar refractivity (Wildman–Crippen MR) is 166 cm³/mol. The van der Waals surface area contributed by atoms with Crippen LogP contribution in [0.4, 0.5) is 0 Å². The molecular weight excluding hydrogens is 474 g/mol. The maximum atomic E-state index is 6.19. The van der Waals surface area contributed by atoms with Crippen molar-refractivity contribution in [3.05, 3.63) is 133 Å². The molecule has 184 valence electrons. The minimum atomic E-state index is 0.896. The second-order valence-electron chi connectivity index (χ2n) is 10.2. The Labute approximate surface area is 226 Å². The first-order valence-electron chi connectivity index (χ1n) is 13.3. The molecule has 0 amide bonds. The standard InChI is InChI=1S/C37H25NO/c1-3-25-35-30-17-8-6-14-27(30)28-15-7-9-18-31(28)37(35)38(36(25)26-13-5-4-12-23(26)2)24-20-21-34-32(22-24)29-16-10-11-19-33(29)39-34/h3-22H,1H2,2H3. The van der Waals surface area contributed by atoms with Gasteiger partial charge in [0, 0.05) is 38.4 Å². The molecule has 0 fully saturated rings. The molecule has 0 unspecified atom stereocenters. The average molecular weight is 500 g/mol. The Morgan fingerprint density at radius 2 is 1.23 bits per heavy atom. The highest BCUT2D eigenvalue weighted by Crippen LogP contribution is 2.46. The minimum Gasteiger partial charge on any atom is -0.456 e. The van der Waals surface area contributed by atoms with E-state index in [1.165, 1.54) is 43.6 Å². The van der Waals surface area contributed by atoms with E-state index in [1.807, 2.05) is 18.2 Å². The van der Waals surface area contributed by atoms with Crippen molar-refractivity contribution in [2.75, 3.05) is 0 Å². The topological polar surface area (TPSA) is 18.1 Å². The van der Waals surface area contributed by atoms with Gasteiger partial charge in [0.15, 0.2) is 0 Å². The molecule has 0 radical (unpaired) electrons. The predicted octanol–water partition coefficient (Wildman–Crippen LogP) is 10.5. The van der Waals surface area contributed by atoms with Gasteiger partial charge < -0.3 is 8.98 Å². The van der Waals surface area contributed by atoms with E-state index in [0.29, 0.717) is 0 Å². The molecule has 0 atom stereocenters. The molecule has 0 bridgehead atoms. The van der Waals surface area contributed by atoms with E-state index in [-0.39, 0.29) is 0 Å². The molecule has 8 rings (SSSR count). The Balaban J connectivity index is 1.64. The van der Waals surface area contributed by atoms with Crippen molar-refractivity contribution in [3.63, 3.8) is 0 Å². The highest BCUT2D eigenvalue weighted by molar-refractivity contribution is 6.28. The van der Waals surface area contributed by atoms with Crippen molar-refractivity contribution in [2.24, 2.45) is 0 Å². The lowest BCUT2D eigenvalue weighted by Gasteiger charge is -2.15. The Morgan fingerprint density at radius 1 is 0.615 bits per heavy atom. The van der Waals surface area contributed by atoms with E-state index in [2.05, 4.69) is 121 Å². The summed E-state index contributed by atoms with van der Waals surface area (Å²) in [5, 5.41) is 8.45. The van der Waals surface area contributed by atoms with Gasteiger partial charge in [0.2, 0.25) is 0 Å². The summed E-state index contributed by atoms with van der Waals surface area (Å²) in [6, 6.07) is 41.0. The van der Waals surface area contributed by atoms with Crippen LogP contribution in [-0.4, -0.2) is 4.57 Å². The van der Waals surface area contributed by atoms with Gasteiger partial charge in [0.25, 0.3) is 0 Å². The van der Waals surface area contributed by atoms with Crippen LogP contribution in [-0.2, 0) is 0 Å². The first kappa shape index (κ1) is 22.0. The van der Waals surface area contributed by atoms with Crippen molar-refractivity contribution >= 4 is 60.5 Å². The highest BCUT2D eigenvalue weighted by Gasteiger charge is 2.24. The number of aryl methyl sites for hydroxylation is 1. The summed E-state index contributed by atoms with van der Waals surface area (Å²) in [4.78, 5) is 0. The number of para-hydroxylation sites is 1. The van der Waals surface area contributed by atoms with Gasteiger partial charge in [0.05, 0.1) is 11.2 Å². The molecule has 2 aromatic heterocycles. The number of nitrogens with zero attached hydrogens (tertiary/aromatic N) is 1. The highest BCUT2D eigenvalue weighted by atomic mass is 16.3. The van der Waals surface area contributed by atoms with Crippen LogP contribution in [0.5, 0.6) is 0 Å². The number of hydrogen-bond donors (Lipinski definition) is 0. The number of furan rings is 1. The Hall–Kier alpha value is -5.08. The third kappa shape index (κ3) is 3.03. The first-order valence-corrected chi connectivity index (χ1v) is 13.3. The third-order valence-corrected chi connectivity index (χ3v) is 8.10. The lowest BCUT2D eigenvalue weighted by molar-refractivity contribution is 0.669. The third-order valence-electron chi connectivity index (χ3n) is 8.10. The molecule has 2 nitrogen and oxygen atoms in total. The van der Waals surface area contributed by atoms with Gasteiger partial charge in [-0.1, -0.05) is 104 Å². The maximum Gasteiger partial charge on any atom is 0.135 e. The smallest absolute Gasteiger partial charge is 0.135 e. The van der Waals surface area contributed by atoms with Crippen molar-refractivity contribution < 1.29 is 4.42 Å². The van der Waals surface area contributed by atoms with Gasteiger partial charge in [0.1, 0.15) is 11.2 Å². The molecule has 0 aliphatic carbocycles. The van der Waals surface area contributed by atoms with Crippen LogP contribution in [0.3, 0.4) is 0 Å². The van der Waals surface area contributed by atoms with Crippen LogP contribution in [0.1, 0.15) is 11.1 Å². The van der Waals surface area contributed by atoms with Crippen LogP contribution >= 0.6 is 0 Å². The fourth-order valence-electron chi connectivity index (χ4n) is 6.39. The second-order valence-corrected chi connectivity index (χ2v) is 10.2. The number of hydrogen-bond acceptors (Lipinski definition) is 1. The van der Waals surface area contributed by atoms with Crippen molar-refractivity contribution in [1.82, 2.24) is 4.57 Å². The summed E-state index contributed by atoms with van der Waals surface area (Å²) in [7, 11) is 0. The largest absolute Gasteiger partial charge is 0.456 e. The molecule has 8 aromatic rings. The molecule has 0 aliphatic heterocycles. The van der Waals surface area contributed by atoms with Crippen molar-refractivity contribution in [3.8, 4) is 16.9 Å². The first-order chi connectivity index (χ1) is 19.2. The maximum absolute atomic E-state index is 6.19. The molecule has 0 saturated heterocycles. The van der Waals surface area contributed by atoms with Crippen LogP contribution in [0, 0.1) is 6.92 Å². The van der Waals surface area contributed by atoms with Gasteiger partial charge in [-0.2, -0.15) is 0 Å². The van der Waals surface area contributed by atoms with Gasteiger partial charge in [-0.3, -0.25) is 0 Å². The minimum absolute atomic E-state index is 0.896. The zero-order chi connectivity index (χ0) is 26.1. The Morgan fingerprint density at radius 3 is 2.00 bits per heavy atom. The fraction of sp³-hybridized carbons (Fsp3) is 0.0270. The molecule has 39 heavy (non-hydrogen) atoms. The summed E-state index contributed by atoms with van der Waals surface area (Å²) in [6.45, 7) is 6.53. The molecule has 0 spiro atoms. The van der Waals surface area contributed by atoms with Crippen LogP contribution in [0.15, 0.2) is 126 Å². The van der Waals surface area contributed by atoms with E-state index >= 15 is 0 Å². The lowest BCUT2D eigenvalue weighted by atomic mass is 9.95. The monoisotopic (exact) mass is 499 g/mol. The molecule has 6 aromatic carbocycles. The second kappa shape index (κ2) is 8.21. The number of aromatic nitrogens is 1. The number of rotatable bonds is 3. The molecule has 0 N–H and O–H groups in total. The van der Waals surface area contributed by atoms with E-state index < -0.39 is 0 Å². The normalized spacial score (nSPS) is 11.8. The zero-order valence-corrected chi connectivity index (χ0v) is 21.6. The molecular formula is C37H25NO. The van der Waals surface area contributed by atoms with Gasteiger partial charge in [-0.05, 0) is 52.9 Å². The fourth-order valence-corrected chi connectivity index (χ4v) is 6.39. The van der Waals surface area contributed by atoms with Crippen LogP contribution < -0.4 is 0 Å². The Kier molecular flexibility index (Phi) is 4.62. The lowest BCUT2D eigenvalue weighted by Crippen LogP contribution is -1.99. The summed E-state index contributed by atoms with van der Waals surface area (Å²) >= 11 is 0. The number of fused-ring (bicyclic) bond motifs is 9. The number of benzene rings is 6. The quantitative estimate of drug-likeness (QED) is 0.221. The van der Waals surface area contributed by atoms with Gasteiger partial charge in [-0.15, -0.1) is 0 Å². The molecule has 2 heterocycles. The molecule has 0 aliphatic rings. The zero-order valence-electron chi connectivity index (χ0n) is 21.6. The van der Waals surface area contributed by atoms with Crippen LogP contribution in [0.25, 0.3) is 77.4 Å². The van der Waals surface area contributed by atoms with Crippen LogP contribution in [0.2, 0.25) is 0 Å². The average Bonchev–Trinajstić information content (AvgIpc) is 3.53. The molecule has 0 saturated carbocycles. The SMILES string of the molecule is C=Cc1c(-c2ccccc2C)n(-c2ccc3oc4ccccc4c3c2)c2c3ccccc3c3ccccc3c12. The van der Waals surface area contributed by atoms with Gasteiger partial charge in [-0.25, -0.2) is 0 Å². The molecule has 2 heteroatoms. The van der Waals surface area contributed by atoms with Crippen molar-refractivity contribution in [1.29, 1.82) is 0 Å². The van der Waals surface area contributed by atoms with E-state index in [4.69, 9.17) is 4.42 Å². The Bertz CT molecular complexity index is 2260. The van der Waals surface area contributed by atoms with Gasteiger partial charge >= 0.3 is 0 Å². The summed E-state index contributed by atoms with van der Waals surface area (Å²) < 4.78 is 8.64. The summed E-state index contributed by atoms with van der Waals surface area (Å²) in [6.07, 6.45) is 2.04. The van der Waals surface area contributed by atoms with E-state index in [0.717, 1.165) is 38.9 Å². The van der Waals surface area contributed by atoms with E-state index in [9.17, 15) is 0 Å². The van der Waals surface area contributed by atoms with Crippen molar-refractivity contribution in [2.45, 2.75) is 6.92 Å². The summed E-state index contributed by atoms with van der Waals surface area (Å²) in [5.41, 5.74) is 8.85.